The fourth-order valence-corrected chi connectivity index (χ4v) is 5.98. The Morgan fingerprint density at radius 2 is 2.00 bits per heavy atom. The van der Waals surface area contributed by atoms with Gasteiger partial charge in [0.1, 0.15) is 22.3 Å². The highest BCUT2D eigenvalue weighted by atomic mass is 32.2. The summed E-state index contributed by atoms with van der Waals surface area (Å²) in [7, 11) is 1.81. The summed E-state index contributed by atoms with van der Waals surface area (Å²) in [5, 5.41) is 3.21. The number of nitrogens with one attached hydrogen (secondary N) is 1. The first kappa shape index (κ1) is 21.0. The Morgan fingerprint density at radius 3 is 2.77 bits per heavy atom. The second kappa shape index (κ2) is 8.49. The Morgan fingerprint density at radius 1 is 1.20 bits per heavy atom. The Kier molecular flexibility index (Phi) is 5.95. The third-order valence-corrected chi connectivity index (χ3v) is 7.85. The number of nitrogens with zero attached hydrogens (tertiary/aromatic N) is 4. The highest BCUT2D eigenvalue weighted by molar-refractivity contribution is 7.89. The van der Waals surface area contributed by atoms with Gasteiger partial charge >= 0.3 is 0 Å². The fourth-order valence-electron chi connectivity index (χ4n) is 4.30. The number of rotatable bonds is 5. The van der Waals surface area contributed by atoms with Crippen molar-refractivity contribution in [3.05, 3.63) is 41.3 Å². The summed E-state index contributed by atoms with van der Waals surface area (Å²) in [5.74, 6) is 1.93. The predicted molar refractivity (Wildman–Crippen MR) is 115 cm³/mol. The van der Waals surface area contributed by atoms with Gasteiger partial charge < -0.3 is 15.0 Å². The van der Waals surface area contributed by atoms with E-state index < -0.39 is 10.0 Å². The molecule has 0 bridgehead atoms. The zero-order valence-corrected chi connectivity index (χ0v) is 18.6. The SMILES string of the molecule is CNc1nc(C2CCCN(S(=O)(=O)c3ccccc3OC)C2)nc2c1CN(C)CC2. The van der Waals surface area contributed by atoms with Crippen molar-refractivity contribution in [3.8, 4) is 5.75 Å². The van der Waals surface area contributed by atoms with Crippen LogP contribution in [-0.2, 0) is 23.0 Å². The zero-order chi connectivity index (χ0) is 21.3. The van der Waals surface area contributed by atoms with E-state index in [1.54, 1.807) is 28.6 Å². The normalized spacial score (nSPS) is 20.6. The minimum absolute atomic E-state index is 0.0275. The highest BCUT2D eigenvalue weighted by Crippen LogP contribution is 2.33. The van der Waals surface area contributed by atoms with Gasteiger partial charge in [0, 0.05) is 51.1 Å². The van der Waals surface area contributed by atoms with Gasteiger partial charge in [-0.25, -0.2) is 18.4 Å². The molecular weight excluding hydrogens is 402 g/mol. The Balaban J connectivity index is 1.63. The quantitative estimate of drug-likeness (QED) is 0.775. The van der Waals surface area contributed by atoms with Crippen LogP contribution in [0.1, 0.15) is 35.8 Å². The summed E-state index contributed by atoms with van der Waals surface area (Å²) >= 11 is 0. The Labute approximate surface area is 178 Å². The van der Waals surface area contributed by atoms with E-state index in [2.05, 4.69) is 17.3 Å². The Hall–Kier alpha value is -2.23. The number of methoxy groups -OCH3 is 1. The van der Waals surface area contributed by atoms with E-state index in [0.717, 1.165) is 55.3 Å². The maximum atomic E-state index is 13.3. The molecule has 0 saturated carbocycles. The summed E-state index contributed by atoms with van der Waals surface area (Å²) in [4.78, 5) is 12.1. The van der Waals surface area contributed by atoms with Crippen molar-refractivity contribution in [3.63, 3.8) is 0 Å². The number of piperidine rings is 1. The van der Waals surface area contributed by atoms with Gasteiger partial charge in [-0.15, -0.1) is 0 Å². The first-order valence-corrected chi connectivity index (χ1v) is 11.8. The molecule has 0 aliphatic carbocycles. The molecule has 1 N–H and O–H groups in total. The number of hydrogen-bond acceptors (Lipinski definition) is 7. The molecule has 30 heavy (non-hydrogen) atoms. The lowest BCUT2D eigenvalue weighted by molar-refractivity contribution is 0.299. The summed E-state index contributed by atoms with van der Waals surface area (Å²) in [6.45, 7) is 2.66. The predicted octanol–water partition coefficient (Wildman–Crippen LogP) is 2.08. The van der Waals surface area contributed by atoms with E-state index in [9.17, 15) is 8.42 Å². The minimum atomic E-state index is -3.66. The number of fused-ring (bicyclic) bond motifs is 1. The van der Waals surface area contributed by atoms with Crippen LogP contribution >= 0.6 is 0 Å². The lowest BCUT2D eigenvalue weighted by Crippen LogP contribution is -2.40. The standard InChI is InChI=1S/C21H29N5O3S/c1-22-21-16-14-25(2)12-10-17(16)23-20(24-21)15-7-6-11-26(13-15)30(27,28)19-9-5-4-8-18(19)29-3/h4-5,8-9,15H,6-7,10-14H2,1-3H3,(H,22,23,24). The molecule has 2 aliphatic rings. The van der Waals surface area contributed by atoms with Gasteiger partial charge in [-0.2, -0.15) is 4.31 Å². The molecule has 1 atom stereocenters. The van der Waals surface area contributed by atoms with Crippen LogP contribution in [0.15, 0.2) is 29.2 Å². The molecule has 2 aromatic rings. The van der Waals surface area contributed by atoms with Crippen LogP contribution in [0.4, 0.5) is 5.82 Å². The first-order chi connectivity index (χ1) is 14.4. The monoisotopic (exact) mass is 431 g/mol. The van der Waals surface area contributed by atoms with Crippen molar-refractivity contribution in [2.75, 3.05) is 46.2 Å². The average molecular weight is 432 g/mol. The molecular formula is C21H29N5O3S. The number of likely N-dealkylation sites (N-methyl/N-ethyl adjacent to an activating group) is 1. The van der Waals surface area contributed by atoms with Crippen LogP contribution in [0, 0.1) is 0 Å². The molecule has 8 nitrogen and oxygen atoms in total. The molecule has 162 valence electrons. The van der Waals surface area contributed by atoms with Crippen LogP contribution in [-0.4, -0.2) is 68.4 Å². The molecule has 1 saturated heterocycles. The number of sulfonamides is 1. The van der Waals surface area contributed by atoms with E-state index in [4.69, 9.17) is 14.7 Å². The molecule has 1 unspecified atom stereocenters. The van der Waals surface area contributed by atoms with Gasteiger partial charge in [0.25, 0.3) is 0 Å². The number of benzene rings is 1. The number of anilines is 1. The van der Waals surface area contributed by atoms with Crippen molar-refractivity contribution < 1.29 is 13.2 Å². The summed E-state index contributed by atoms with van der Waals surface area (Å²) in [6.07, 6.45) is 2.53. The smallest absolute Gasteiger partial charge is 0.246 e. The number of para-hydroxylation sites is 1. The van der Waals surface area contributed by atoms with Crippen molar-refractivity contribution in [1.29, 1.82) is 0 Å². The van der Waals surface area contributed by atoms with Gasteiger partial charge in [-0.05, 0) is 32.0 Å². The van der Waals surface area contributed by atoms with E-state index in [-0.39, 0.29) is 10.8 Å². The lowest BCUT2D eigenvalue weighted by atomic mass is 9.97. The zero-order valence-electron chi connectivity index (χ0n) is 17.8. The molecule has 0 amide bonds. The van der Waals surface area contributed by atoms with Gasteiger partial charge in [-0.1, -0.05) is 12.1 Å². The lowest BCUT2D eigenvalue weighted by Gasteiger charge is -2.32. The molecule has 2 aliphatic heterocycles. The second-order valence-electron chi connectivity index (χ2n) is 7.95. The van der Waals surface area contributed by atoms with Crippen molar-refractivity contribution in [1.82, 2.24) is 19.2 Å². The molecule has 4 rings (SSSR count). The number of aromatic nitrogens is 2. The minimum Gasteiger partial charge on any atom is -0.495 e. The third kappa shape index (κ3) is 3.89. The Bertz CT molecular complexity index is 1010. The first-order valence-electron chi connectivity index (χ1n) is 10.3. The van der Waals surface area contributed by atoms with Crippen molar-refractivity contribution in [2.45, 2.75) is 36.6 Å². The molecule has 0 spiro atoms. The van der Waals surface area contributed by atoms with Crippen LogP contribution in [0.2, 0.25) is 0 Å². The van der Waals surface area contributed by atoms with Gasteiger partial charge in [0.15, 0.2) is 0 Å². The molecule has 9 heteroatoms. The van der Waals surface area contributed by atoms with Gasteiger partial charge in [0.05, 0.1) is 12.8 Å². The average Bonchev–Trinajstić information content (AvgIpc) is 2.78. The summed E-state index contributed by atoms with van der Waals surface area (Å²) in [6, 6.07) is 6.77. The fraction of sp³-hybridized carbons (Fsp3) is 0.524. The van der Waals surface area contributed by atoms with Gasteiger partial charge in [0.2, 0.25) is 10.0 Å². The summed E-state index contributed by atoms with van der Waals surface area (Å²) < 4.78 is 33.5. The van der Waals surface area contributed by atoms with E-state index in [1.807, 2.05) is 7.05 Å². The molecule has 1 aromatic carbocycles. The number of hydrogen-bond donors (Lipinski definition) is 1. The van der Waals surface area contributed by atoms with Gasteiger partial charge in [-0.3, -0.25) is 0 Å². The molecule has 1 fully saturated rings. The highest BCUT2D eigenvalue weighted by Gasteiger charge is 2.34. The van der Waals surface area contributed by atoms with E-state index >= 15 is 0 Å². The molecule has 3 heterocycles. The van der Waals surface area contributed by atoms with Crippen LogP contribution in [0.3, 0.4) is 0 Å². The van der Waals surface area contributed by atoms with E-state index in [1.165, 1.54) is 7.11 Å². The topological polar surface area (TPSA) is 87.7 Å². The molecule has 1 aromatic heterocycles. The second-order valence-corrected chi connectivity index (χ2v) is 9.85. The van der Waals surface area contributed by atoms with Crippen molar-refractivity contribution in [2.24, 2.45) is 0 Å². The maximum Gasteiger partial charge on any atom is 0.246 e. The molecule has 0 radical (unpaired) electrons. The maximum absolute atomic E-state index is 13.3. The van der Waals surface area contributed by atoms with Crippen LogP contribution in [0.25, 0.3) is 0 Å². The largest absolute Gasteiger partial charge is 0.495 e. The van der Waals surface area contributed by atoms with Crippen LogP contribution < -0.4 is 10.1 Å². The van der Waals surface area contributed by atoms with Crippen LogP contribution in [0.5, 0.6) is 5.75 Å². The number of ether oxygens (including phenoxy) is 1. The van der Waals surface area contributed by atoms with E-state index in [0.29, 0.717) is 18.8 Å². The summed E-state index contributed by atoms with van der Waals surface area (Å²) in [5.41, 5.74) is 2.22. The van der Waals surface area contributed by atoms with Crippen molar-refractivity contribution >= 4 is 15.8 Å². The third-order valence-electron chi connectivity index (χ3n) is 5.94.